The number of aromatic nitrogens is 2. The van der Waals surface area contributed by atoms with Gasteiger partial charge in [0.2, 0.25) is 0 Å². The molecule has 0 saturated heterocycles. The summed E-state index contributed by atoms with van der Waals surface area (Å²) in [6, 6.07) is 8.67. The normalized spacial score (nSPS) is 11.4. The van der Waals surface area contributed by atoms with Gasteiger partial charge in [0.15, 0.2) is 10.0 Å². The van der Waals surface area contributed by atoms with Gasteiger partial charge in [-0.05, 0) is 29.8 Å². The Hall–Kier alpha value is -2.22. The first-order valence-electron chi connectivity index (χ1n) is 6.91. The Morgan fingerprint density at radius 2 is 1.79 bits per heavy atom. The number of carbonyl (C=O) groups is 1. The van der Waals surface area contributed by atoms with Crippen LogP contribution >= 0.6 is 34.3 Å². The van der Waals surface area contributed by atoms with E-state index in [2.05, 4.69) is 9.97 Å². The molecular weight excluding hydrogens is 368 g/mol. The summed E-state index contributed by atoms with van der Waals surface area (Å²) in [6.07, 6.45) is -0.0147. The highest BCUT2D eigenvalue weighted by molar-refractivity contribution is 7.28. The van der Waals surface area contributed by atoms with Crippen LogP contribution < -0.4 is 0 Å². The van der Waals surface area contributed by atoms with Crippen molar-refractivity contribution in [1.82, 2.24) is 9.97 Å². The van der Waals surface area contributed by atoms with Crippen LogP contribution in [0.15, 0.2) is 30.3 Å². The van der Waals surface area contributed by atoms with Crippen molar-refractivity contribution in [3.63, 3.8) is 0 Å². The molecule has 0 radical (unpaired) electrons. The number of thiazole rings is 2. The lowest BCUT2D eigenvalue weighted by Crippen LogP contribution is -1.99. The molecular formula is C16H9ClN2O3S2. The molecule has 2 N–H and O–H groups in total. The smallest absolute Gasteiger partial charge is 0.307 e. The van der Waals surface area contributed by atoms with E-state index in [1.54, 1.807) is 12.1 Å². The van der Waals surface area contributed by atoms with Crippen LogP contribution in [0, 0.1) is 0 Å². The van der Waals surface area contributed by atoms with Crippen molar-refractivity contribution in [1.29, 1.82) is 0 Å². The first-order chi connectivity index (χ1) is 11.5. The third kappa shape index (κ3) is 2.60. The van der Waals surface area contributed by atoms with Crippen molar-refractivity contribution in [2.45, 2.75) is 6.42 Å². The van der Waals surface area contributed by atoms with Crippen molar-refractivity contribution < 1.29 is 15.0 Å². The molecule has 0 saturated carbocycles. The highest BCUT2D eigenvalue weighted by Gasteiger charge is 2.15. The first-order valence-corrected chi connectivity index (χ1v) is 8.92. The van der Waals surface area contributed by atoms with Gasteiger partial charge in [-0.15, -0.1) is 22.7 Å². The number of aromatic hydroxyl groups is 1. The SMILES string of the molecule is O=C(O)Cc1ccc2nc(-c3nc4ccc(O)c(Cl)c4s3)sc2c1. The van der Waals surface area contributed by atoms with Crippen LogP contribution in [-0.2, 0) is 11.2 Å². The standard InChI is InChI=1S/C16H9ClN2O3S2/c17-13-10(20)4-3-9-14(13)24-16(19-9)15-18-8-2-1-7(6-12(21)22)5-11(8)23-15/h1-5,20H,6H2,(H,21,22). The minimum atomic E-state index is -0.861. The van der Waals surface area contributed by atoms with Gasteiger partial charge < -0.3 is 10.2 Å². The average molecular weight is 377 g/mol. The third-order valence-corrected chi connectivity index (χ3v) is 6.21. The van der Waals surface area contributed by atoms with Gasteiger partial charge in [-0.1, -0.05) is 17.7 Å². The maximum Gasteiger partial charge on any atom is 0.307 e. The Balaban J connectivity index is 1.81. The molecule has 0 unspecified atom stereocenters. The number of nitrogens with zero attached hydrogens (tertiary/aromatic N) is 2. The third-order valence-electron chi connectivity index (χ3n) is 3.47. The summed E-state index contributed by atoms with van der Waals surface area (Å²) >= 11 is 8.95. The first kappa shape index (κ1) is 15.3. The van der Waals surface area contributed by atoms with Crippen LogP contribution in [-0.4, -0.2) is 26.2 Å². The van der Waals surface area contributed by atoms with Crippen LogP contribution in [0.1, 0.15) is 5.56 Å². The number of carboxylic acid groups (broad SMARTS) is 1. The summed E-state index contributed by atoms with van der Waals surface area (Å²) in [6.45, 7) is 0. The van der Waals surface area contributed by atoms with Crippen molar-refractivity contribution >= 4 is 60.7 Å². The zero-order valence-corrected chi connectivity index (χ0v) is 14.4. The van der Waals surface area contributed by atoms with E-state index in [-0.39, 0.29) is 12.2 Å². The van der Waals surface area contributed by atoms with Gasteiger partial charge in [0.25, 0.3) is 0 Å². The van der Waals surface area contributed by atoms with Crippen molar-refractivity contribution in [2.24, 2.45) is 0 Å². The highest BCUT2D eigenvalue weighted by Crippen LogP contribution is 2.40. The van der Waals surface area contributed by atoms with Crippen LogP contribution in [0.3, 0.4) is 0 Å². The van der Waals surface area contributed by atoms with E-state index in [1.807, 2.05) is 12.1 Å². The molecule has 8 heteroatoms. The molecule has 0 amide bonds. The van der Waals surface area contributed by atoms with E-state index >= 15 is 0 Å². The van der Waals surface area contributed by atoms with Gasteiger partial charge in [-0.2, -0.15) is 0 Å². The molecule has 2 aromatic heterocycles. The number of halogens is 1. The molecule has 0 atom stereocenters. The van der Waals surface area contributed by atoms with Crippen molar-refractivity contribution in [2.75, 3.05) is 0 Å². The van der Waals surface area contributed by atoms with Crippen LogP contribution in [0.2, 0.25) is 5.02 Å². The molecule has 5 nitrogen and oxygen atoms in total. The maximum absolute atomic E-state index is 10.8. The Morgan fingerprint density at radius 1 is 1.08 bits per heavy atom. The fourth-order valence-electron chi connectivity index (χ4n) is 2.39. The second kappa shape index (κ2) is 5.70. The zero-order chi connectivity index (χ0) is 16.8. The molecule has 0 fully saturated rings. The van der Waals surface area contributed by atoms with Gasteiger partial charge in [0, 0.05) is 0 Å². The van der Waals surface area contributed by atoms with Gasteiger partial charge in [0.1, 0.15) is 10.8 Å². The van der Waals surface area contributed by atoms with Crippen molar-refractivity contribution in [3.8, 4) is 15.8 Å². The van der Waals surface area contributed by atoms with Gasteiger partial charge in [-0.3, -0.25) is 4.79 Å². The number of phenols is 1. The molecule has 2 aromatic carbocycles. The Morgan fingerprint density at radius 3 is 2.58 bits per heavy atom. The molecule has 4 aromatic rings. The molecule has 120 valence electrons. The number of carboxylic acids is 1. The Labute approximate surface area is 148 Å². The number of aliphatic carboxylic acids is 1. The summed E-state index contributed by atoms with van der Waals surface area (Å²) < 4.78 is 1.63. The van der Waals surface area contributed by atoms with Gasteiger partial charge >= 0.3 is 5.97 Å². The number of fused-ring (bicyclic) bond motifs is 2. The number of phenolic OH excluding ortho intramolecular Hbond substituents is 1. The molecule has 0 spiro atoms. The molecule has 0 aliphatic rings. The van der Waals surface area contributed by atoms with E-state index in [0.29, 0.717) is 10.5 Å². The summed E-state index contributed by atoms with van der Waals surface area (Å²) in [5.74, 6) is -0.832. The Kier molecular flexibility index (Phi) is 3.64. The van der Waals surface area contributed by atoms with Crippen molar-refractivity contribution in [3.05, 3.63) is 40.9 Å². The van der Waals surface area contributed by atoms with Gasteiger partial charge in [-0.25, -0.2) is 9.97 Å². The molecule has 2 heterocycles. The number of hydrogen-bond donors (Lipinski definition) is 2. The fourth-order valence-corrected chi connectivity index (χ4v) is 4.71. The van der Waals surface area contributed by atoms with Gasteiger partial charge in [0.05, 0.1) is 26.9 Å². The number of hydrogen-bond acceptors (Lipinski definition) is 6. The molecule has 0 aliphatic heterocycles. The quantitative estimate of drug-likeness (QED) is 0.547. The summed E-state index contributed by atoms with van der Waals surface area (Å²) in [5.41, 5.74) is 2.25. The molecule has 0 bridgehead atoms. The molecule has 0 aliphatic carbocycles. The lowest BCUT2D eigenvalue weighted by atomic mass is 10.1. The van der Waals surface area contributed by atoms with E-state index in [4.69, 9.17) is 16.7 Å². The maximum atomic E-state index is 10.8. The Bertz CT molecular complexity index is 1100. The second-order valence-electron chi connectivity index (χ2n) is 5.16. The lowest BCUT2D eigenvalue weighted by molar-refractivity contribution is -0.136. The highest BCUT2D eigenvalue weighted by atomic mass is 35.5. The largest absolute Gasteiger partial charge is 0.506 e. The van der Waals surface area contributed by atoms with Crippen LogP contribution in [0.25, 0.3) is 30.4 Å². The second-order valence-corrected chi connectivity index (χ2v) is 7.57. The topological polar surface area (TPSA) is 83.3 Å². The van der Waals surface area contributed by atoms with E-state index in [1.165, 1.54) is 28.7 Å². The lowest BCUT2D eigenvalue weighted by Gasteiger charge is -1.95. The number of rotatable bonds is 3. The predicted molar refractivity (Wildman–Crippen MR) is 96.2 cm³/mol. The zero-order valence-electron chi connectivity index (χ0n) is 12.0. The summed E-state index contributed by atoms with van der Waals surface area (Å²) in [4.78, 5) is 19.9. The minimum absolute atomic E-state index is 0.0147. The molecule has 4 rings (SSSR count). The predicted octanol–water partition coefficient (Wildman–Crippen LogP) is 4.56. The summed E-state index contributed by atoms with van der Waals surface area (Å²) in [7, 11) is 0. The summed E-state index contributed by atoms with van der Waals surface area (Å²) in [5, 5.41) is 20.4. The van der Waals surface area contributed by atoms with E-state index in [0.717, 1.165) is 30.5 Å². The monoisotopic (exact) mass is 376 g/mol. The van der Waals surface area contributed by atoms with E-state index in [9.17, 15) is 9.90 Å². The van der Waals surface area contributed by atoms with Crippen LogP contribution in [0.4, 0.5) is 0 Å². The average Bonchev–Trinajstić information content (AvgIpc) is 3.14. The molecule has 24 heavy (non-hydrogen) atoms. The fraction of sp³-hybridized carbons (Fsp3) is 0.0625. The van der Waals surface area contributed by atoms with Crippen LogP contribution in [0.5, 0.6) is 5.75 Å². The number of benzene rings is 2. The minimum Gasteiger partial charge on any atom is -0.506 e. The van der Waals surface area contributed by atoms with E-state index < -0.39 is 5.97 Å².